The summed E-state index contributed by atoms with van der Waals surface area (Å²) in [6, 6.07) is 5.16. The maximum Gasteiger partial charge on any atom is 0.153 e. The van der Waals surface area contributed by atoms with Crippen LogP contribution in [0.5, 0.6) is 5.75 Å². The third kappa shape index (κ3) is 3.62. The fourth-order valence-electron chi connectivity index (χ4n) is 4.15. The van der Waals surface area contributed by atoms with Crippen LogP contribution >= 0.6 is 34.5 Å². The Kier molecular flexibility index (Phi) is 5.31. The van der Waals surface area contributed by atoms with Crippen molar-refractivity contribution in [3.63, 3.8) is 0 Å². The van der Waals surface area contributed by atoms with Crippen molar-refractivity contribution < 1.29 is 9.53 Å². The average Bonchev–Trinajstić information content (AvgIpc) is 3.20. The van der Waals surface area contributed by atoms with Crippen LogP contribution in [-0.2, 0) is 6.54 Å². The van der Waals surface area contributed by atoms with E-state index in [0.29, 0.717) is 28.2 Å². The van der Waals surface area contributed by atoms with Crippen molar-refractivity contribution in [1.29, 1.82) is 0 Å². The van der Waals surface area contributed by atoms with Crippen molar-refractivity contribution in [2.75, 3.05) is 14.1 Å². The fourth-order valence-corrected chi connectivity index (χ4v) is 5.05. The highest BCUT2D eigenvalue weighted by atomic mass is 127. The first-order valence-electron chi connectivity index (χ1n) is 9.33. The normalized spacial score (nSPS) is 26.0. The number of benzene rings is 1. The summed E-state index contributed by atoms with van der Waals surface area (Å²) < 4.78 is 8.53. The number of aldehydes is 1. The van der Waals surface area contributed by atoms with Crippen LogP contribution in [0, 0.1) is 5.92 Å². The van der Waals surface area contributed by atoms with E-state index in [2.05, 4.69) is 62.6 Å². The number of carbonyl (C=O) groups excluding carboxylic acids is 1. The van der Waals surface area contributed by atoms with Crippen molar-refractivity contribution in [1.82, 2.24) is 12.7 Å². The van der Waals surface area contributed by atoms with Crippen LogP contribution in [0.25, 0.3) is 0 Å². The third-order valence-corrected chi connectivity index (χ3v) is 7.00. The smallest absolute Gasteiger partial charge is 0.153 e. The Morgan fingerprint density at radius 3 is 2.96 bits per heavy atom. The topological polar surface area (TPSA) is 47.4 Å². The number of nitrogens with zero attached hydrogens (tertiary/aromatic N) is 3. The van der Waals surface area contributed by atoms with Gasteiger partial charge in [-0.25, -0.2) is 4.98 Å². The van der Waals surface area contributed by atoms with E-state index in [1.165, 1.54) is 11.3 Å². The first kappa shape index (κ1) is 19.9. The number of ether oxygens (including phenoxy) is 1. The number of allylic oxidation sites excluding steroid dienone is 1. The molecule has 2 aromatic rings. The number of halogens is 2. The van der Waals surface area contributed by atoms with Crippen LogP contribution in [0.3, 0.4) is 0 Å². The van der Waals surface area contributed by atoms with Gasteiger partial charge in [-0.2, -0.15) is 0 Å². The first-order chi connectivity index (χ1) is 13.3. The Labute approximate surface area is 184 Å². The molecule has 1 fully saturated rings. The molecule has 0 radical (unpaired) electrons. The lowest BCUT2D eigenvalue weighted by molar-refractivity contribution is 0.111. The summed E-state index contributed by atoms with van der Waals surface area (Å²) in [5.41, 5.74) is 2.75. The summed E-state index contributed by atoms with van der Waals surface area (Å²) in [7, 11) is 4.10. The van der Waals surface area contributed by atoms with Gasteiger partial charge in [0.1, 0.15) is 17.2 Å². The van der Waals surface area contributed by atoms with Gasteiger partial charge in [-0.3, -0.25) is 7.58 Å². The van der Waals surface area contributed by atoms with Gasteiger partial charge in [0.15, 0.2) is 6.29 Å². The second-order valence-electron chi connectivity index (χ2n) is 8.05. The highest BCUT2D eigenvalue weighted by molar-refractivity contribution is 14.1. The summed E-state index contributed by atoms with van der Waals surface area (Å²) in [5, 5.41) is 0.575. The van der Waals surface area contributed by atoms with E-state index in [1.54, 1.807) is 18.2 Å². The Hall–Kier alpha value is -1.38. The number of fused-ring (bicyclic) bond motifs is 1. The molecule has 1 heterocycles. The Morgan fingerprint density at radius 1 is 1.46 bits per heavy atom. The molecule has 0 saturated heterocycles. The number of hydrogen-bond acceptors (Lipinski definition) is 4. The highest BCUT2D eigenvalue weighted by Crippen LogP contribution is 2.58. The zero-order valence-electron chi connectivity index (χ0n) is 16.2. The van der Waals surface area contributed by atoms with Gasteiger partial charge in [-0.1, -0.05) is 17.2 Å². The molecule has 3 atom stereocenters. The van der Waals surface area contributed by atoms with E-state index in [-0.39, 0.29) is 5.60 Å². The molecule has 1 aromatic heterocycles. The van der Waals surface area contributed by atoms with Gasteiger partial charge in [0.2, 0.25) is 0 Å². The lowest BCUT2D eigenvalue weighted by Gasteiger charge is -2.28. The third-order valence-electron chi connectivity index (χ3n) is 5.65. The molecular weight excluding hydrogens is 489 g/mol. The summed E-state index contributed by atoms with van der Waals surface area (Å²) >= 11 is 8.47. The lowest BCUT2D eigenvalue weighted by Crippen LogP contribution is -2.25. The molecule has 2 aliphatic rings. The molecule has 28 heavy (non-hydrogen) atoms. The Morgan fingerprint density at radius 2 is 2.25 bits per heavy atom. The number of imidazole rings is 1. The quantitative estimate of drug-likeness (QED) is 0.315. The van der Waals surface area contributed by atoms with Gasteiger partial charge in [0.05, 0.1) is 40.7 Å². The molecular formula is C21H23ClIN3O2. The molecule has 0 N–H and O–H groups in total. The lowest BCUT2D eigenvalue weighted by atomic mass is 9.85. The minimum Gasteiger partial charge on any atom is -0.482 e. The van der Waals surface area contributed by atoms with E-state index in [9.17, 15) is 4.79 Å². The van der Waals surface area contributed by atoms with Crippen molar-refractivity contribution in [2.24, 2.45) is 5.92 Å². The van der Waals surface area contributed by atoms with Gasteiger partial charge in [0.25, 0.3) is 0 Å². The van der Waals surface area contributed by atoms with Gasteiger partial charge < -0.3 is 9.64 Å². The van der Waals surface area contributed by atoms with Gasteiger partial charge >= 0.3 is 0 Å². The van der Waals surface area contributed by atoms with Crippen LogP contribution in [0.2, 0.25) is 5.02 Å². The summed E-state index contributed by atoms with van der Waals surface area (Å²) in [4.78, 5) is 18.1. The SMILES string of the molecule is CC1=CC2(Oc3cc(Cl)ccc3C=O)CC2CC1c1cnc(CN(C)C)n1I. The monoisotopic (exact) mass is 511 g/mol. The molecule has 2 aliphatic carbocycles. The van der Waals surface area contributed by atoms with Gasteiger partial charge in [-0.15, -0.1) is 0 Å². The predicted octanol–water partition coefficient (Wildman–Crippen LogP) is 4.88. The van der Waals surface area contributed by atoms with Crippen molar-refractivity contribution in [2.45, 2.75) is 37.8 Å². The van der Waals surface area contributed by atoms with E-state index in [0.717, 1.165) is 31.5 Å². The second-order valence-corrected chi connectivity index (χ2v) is 9.45. The summed E-state index contributed by atoms with van der Waals surface area (Å²) in [6.07, 6.45) is 7.06. The van der Waals surface area contributed by atoms with Gasteiger partial charge in [-0.05, 0) is 58.1 Å². The van der Waals surface area contributed by atoms with Crippen LogP contribution in [0.4, 0.5) is 0 Å². The molecule has 5 nitrogen and oxygen atoms in total. The molecule has 0 bridgehead atoms. The minimum atomic E-state index is -0.314. The first-order valence-corrected chi connectivity index (χ1v) is 10.7. The molecule has 0 aliphatic heterocycles. The largest absolute Gasteiger partial charge is 0.482 e. The maximum atomic E-state index is 11.4. The van der Waals surface area contributed by atoms with Crippen LogP contribution in [-0.4, -0.2) is 38.6 Å². The minimum absolute atomic E-state index is 0.314. The van der Waals surface area contributed by atoms with Crippen LogP contribution < -0.4 is 4.74 Å². The molecule has 7 heteroatoms. The molecule has 0 spiro atoms. The number of carbonyl (C=O) groups is 1. The molecule has 148 valence electrons. The van der Waals surface area contributed by atoms with Crippen molar-refractivity contribution in [3.8, 4) is 5.75 Å². The molecule has 3 unspecified atom stereocenters. The van der Waals surface area contributed by atoms with E-state index >= 15 is 0 Å². The second kappa shape index (κ2) is 7.46. The summed E-state index contributed by atoms with van der Waals surface area (Å²) in [5.74, 6) is 2.41. The van der Waals surface area contributed by atoms with Crippen LogP contribution in [0.1, 0.15) is 47.6 Å². The molecule has 4 rings (SSSR count). The zero-order valence-corrected chi connectivity index (χ0v) is 19.1. The van der Waals surface area contributed by atoms with Crippen LogP contribution in [0.15, 0.2) is 36.0 Å². The predicted molar refractivity (Wildman–Crippen MR) is 118 cm³/mol. The number of aromatic nitrogens is 2. The standard InChI is InChI=1S/C21H23ClIN3O2/c1-13-8-21(28-19-7-16(22)5-4-14(19)12-27)9-15(21)6-17(13)18-10-24-20(26(18)23)11-25(2)3/h4-5,7-8,10,12,15,17H,6,9,11H2,1-3H3. The molecule has 1 saturated carbocycles. The molecule has 0 amide bonds. The number of rotatable bonds is 6. The Bertz CT molecular complexity index is 955. The molecule has 1 aromatic carbocycles. The Balaban J connectivity index is 1.58. The van der Waals surface area contributed by atoms with Gasteiger partial charge in [0, 0.05) is 23.1 Å². The fraction of sp³-hybridized carbons (Fsp3) is 0.429. The highest BCUT2D eigenvalue weighted by Gasteiger charge is 2.58. The van der Waals surface area contributed by atoms with E-state index in [4.69, 9.17) is 16.3 Å². The number of hydrogen-bond donors (Lipinski definition) is 0. The maximum absolute atomic E-state index is 11.4. The van der Waals surface area contributed by atoms with E-state index in [1.807, 2.05) is 6.20 Å². The van der Waals surface area contributed by atoms with Crippen molar-refractivity contribution >= 4 is 40.8 Å². The van der Waals surface area contributed by atoms with E-state index < -0.39 is 0 Å². The zero-order chi connectivity index (χ0) is 20.1. The summed E-state index contributed by atoms with van der Waals surface area (Å²) in [6.45, 7) is 2.98. The average molecular weight is 512 g/mol. The van der Waals surface area contributed by atoms with Crippen molar-refractivity contribution in [3.05, 3.63) is 58.1 Å².